The van der Waals surface area contributed by atoms with Gasteiger partial charge in [0.2, 0.25) is 5.91 Å². The van der Waals surface area contributed by atoms with Gasteiger partial charge < -0.3 is 9.88 Å². The molecule has 0 bridgehead atoms. The van der Waals surface area contributed by atoms with Crippen LogP contribution in [0.2, 0.25) is 5.02 Å². The topological polar surface area (TPSA) is 59.8 Å². The van der Waals surface area contributed by atoms with Crippen LogP contribution in [-0.2, 0) is 17.8 Å². The van der Waals surface area contributed by atoms with E-state index >= 15 is 0 Å². The van der Waals surface area contributed by atoms with Crippen molar-refractivity contribution in [2.75, 3.05) is 11.1 Å². The molecule has 0 aliphatic rings. The van der Waals surface area contributed by atoms with Crippen molar-refractivity contribution in [3.05, 3.63) is 70.5 Å². The van der Waals surface area contributed by atoms with Gasteiger partial charge in [-0.15, -0.1) is 10.2 Å². The van der Waals surface area contributed by atoms with Crippen molar-refractivity contribution < 1.29 is 4.79 Å². The average molecular weight is 401 g/mol. The Labute approximate surface area is 168 Å². The predicted octanol–water partition coefficient (Wildman–Crippen LogP) is 4.58. The summed E-state index contributed by atoms with van der Waals surface area (Å²) in [5.41, 5.74) is 3.00. The van der Waals surface area contributed by atoms with Crippen LogP contribution in [0.1, 0.15) is 23.9 Å². The van der Waals surface area contributed by atoms with Gasteiger partial charge in [-0.1, -0.05) is 53.7 Å². The summed E-state index contributed by atoms with van der Waals surface area (Å²) in [4.78, 5) is 12.3. The molecule has 0 saturated carbocycles. The van der Waals surface area contributed by atoms with E-state index in [0.717, 1.165) is 34.3 Å². The lowest BCUT2D eigenvalue weighted by atomic mass is 10.1. The zero-order valence-electron chi connectivity index (χ0n) is 15.3. The Bertz CT molecular complexity index is 924. The van der Waals surface area contributed by atoms with E-state index in [1.165, 1.54) is 11.8 Å². The Balaban J connectivity index is 1.63. The third-order valence-corrected chi connectivity index (χ3v) is 5.36. The number of thioether (sulfide) groups is 1. The molecule has 0 atom stereocenters. The van der Waals surface area contributed by atoms with Crippen LogP contribution in [0.4, 0.5) is 5.69 Å². The Hall–Kier alpha value is -2.31. The number of aromatic nitrogens is 3. The number of halogens is 1. The maximum absolute atomic E-state index is 12.3. The van der Waals surface area contributed by atoms with Crippen LogP contribution in [0.25, 0.3) is 0 Å². The lowest BCUT2D eigenvalue weighted by molar-refractivity contribution is -0.113. The molecule has 3 rings (SSSR count). The number of benzene rings is 2. The molecule has 0 unspecified atom stereocenters. The molecule has 1 amide bonds. The molecule has 1 N–H and O–H groups in total. The first-order valence-corrected chi connectivity index (χ1v) is 10.1. The first-order valence-electron chi connectivity index (χ1n) is 8.71. The standard InChI is InChI=1S/C20H21ClN4OS/c1-3-25-18(12-15-8-10-16(21)11-9-15)23-24-20(25)27-13-19(26)22-17-7-5-4-6-14(17)2/h4-11H,3,12-13H2,1-2H3,(H,22,26). The van der Waals surface area contributed by atoms with E-state index in [1.54, 1.807) is 0 Å². The number of hydrogen-bond acceptors (Lipinski definition) is 4. The lowest BCUT2D eigenvalue weighted by Gasteiger charge is -2.09. The second-order valence-electron chi connectivity index (χ2n) is 6.10. The fourth-order valence-electron chi connectivity index (χ4n) is 2.69. The van der Waals surface area contributed by atoms with Crippen LogP contribution >= 0.6 is 23.4 Å². The average Bonchev–Trinajstić information content (AvgIpc) is 3.05. The molecule has 3 aromatic rings. The van der Waals surface area contributed by atoms with Crippen LogP contribution in [0, 0.1) is 6.92 Å². The van der Waals surface area contributed by atoms with Gasteiger partial charge >= 0.3 is 0 Å². The van der Waals surface area contributed by atoms with E-state index in [-0.39, 0.29) is 11.7 Å². The van der Waals surface area contributed by atoms with E-state index in [4.69, 9.17) is 11.6 Å². The zero-order valence-corrected chi connectivity index (χ0v) is 16.8. The summed E-state index contributed by atoms with van der Waals surface area (Å²) in [6, 6.07) is 15.4. The molecule has 1 heterocycles. The number of carbonyl (C=O) groups is 1. The Morgan fingerprint density at radius 3 is 2.59 bits per heavy atom. The van der Waals surface area contributed by atoms with Gasteiger partial charge in [0.15, 0.2) is 5.16 Å². The zero-order chi connectivity index (χ0) is 19.2. The van der Waals surface area contributed by atoms with Gasteiger partial charge in [-0.3, -0.25) is 4.79 Å². The normalized spacial score (nSPS) is 10.8. The minimum Gasteiger partial charge on any atom is -0.325 e. The summed E-state index contributed by atoms with van der Waals surface area (Å²) in [6.07, 6.45) is 0.675. The Morgan fingerprint density at radius 2 is 1.89 bits per heavy atom. The van der Waals surface area contributed by atoms with Gasteiger partial charge in [0.05, 0.1) is 5.75 Å². The lowest BCUT2D eigenvalue weighted by Crippen LogP contribution is -2.15. The van der Waals surface area contributed by atoms with E-state index in [9.17, 15) is 4.79 Å². The molecule has 0 aliphatic carbocycles. The van der Waals surface area contributed by atoms with Gasteiger partial charge in [-0.25, -0.2) is 0 Å². The van der Waals surface area contributed by atoms with Crippen LogP contribution < -0.4 is 5.32 Å². The number of nitrogens with zero attached hydrogens (tertiary/aromatic N) is 3. The number of aryl methyl sites for hydroxylation is 1. The largest absolute Gasteiger partial charge is 0.325 e. The first-order chi connectivity index (χ1) is 13.1. The molecule has 7 heteroatoms. The van der Waals surface area contributed by atoms with Gasteiger partial charge in [0, 0.05) is 23.7 Å². The second kappa shape index (κ2) is 9.06. The summed E-state index contributed by atoms with van der Waals surface area (Å²) in [5, 5.41) is 13.0. The van der Waals surface area contributed by atoms with Crippen molar-refractivity contribution in [1.29, 1.82) is 0 Å². The molecular formula is C20H21ClN4OS. The van der Waals surface area contributed by atoms with E-state index < -0.39 is 0 Å². The summed E-state index contributed by atoms with van der Waals surface area (Å²) < 4.78 is 2.04. The maximum atomic E-state index is 12.3. The number of para-hydroxylation sites is 1. The summed E-state index contributed by atoms with van der Waals surface area (Å²) in [5.74, 6) is 1.11. The van der Waals surface area contributed by atoms with Crippen molar-refractivity contribution in [1.82, 2.24) is 14.8 Å². The van der Waals surface area contributed by atoms with Crippen LogP contribution in [0.15, 0.2) is 53.7 Å². The van der Waals surface area contributed by atoms with Gasteiger partial charge in [-0.2, -0.15) is 0 Å². The van der Waals surface area contributed by atoms with Crippen LogP contribution in [-0.4, -0.2) is 26.4 Å². The van der Waals surface area contributed by atoms with Gasteiger partial charge in [0.25, 0.3) is 0 Å². The fraction of sp³-hybridized carbons (Fsp3) is 0.250. The van der Waals surface area contributed by atoms with Crippen molar-refractivity contribution in [2.45, 2.75) is 32.0 Å². The third kappa shape index (κ3) is 5.11. The minimum absolute atomic E-state index is 0.0563. The summed E-state index contributed by atoms with van der Waals surface area (Å²) in [6.45, 7) is 4.77. The number of carbonyl (C=O) groups excluding carboxylic acids is 1. The maximum Gasteiger partial charge on any atom is 0.234 e. The summed E-state index contributed by atoms with van der Waals surface area (Å²) >= 11 is 7.34. The van der Waals surface area contributed by atoms with Crippen molar-refractivity contribution in [3.63, 3.8) is 0 Å². The van der Waals surface area contributed by atoms with E-state index in [2.05, 4.69) is 15.5 Å². The number of hydrogen-bond donors (Lipinski definition) is 1. The highest BCUT2D eigenvalue weighted by Crippen LogP contribution is 2.20. The number of anilines is 1. The molecule has 0 fully saturated rings. The van der Waals surface area contributed by atoms with E-state index in [0.29, 0.717) is 11.4 Å². The minimum atomic E-state index is -0.0563. The molecule has 0 radical (unpaired) electrons. The molecule has 0 spiro atoms. The van der Waals surface area contributed by atoms with Crippen LogP contribution in [0.5, 0.6) is 0 Å². The number of rotatable bonds is 7. The highest BCUT2D eigenvalue weighted by molar-refractivity contribution is 7.99. The fourth-order valence-corrected chi connectivity index (χ4v) is 3.64. The Morgan fingerprint density at radius 1 is 1.15 bits per heavy atom. The van der Waals surface area contributed by atoms with Crippen LogP contribution in [0.3, 0.4) is 0 Å². The smallest absolute Gasteiger partial charge is 0.234 e. The highest BCUT2D eigenvalue weighted by atomic mass is 35.5. The molecule has 5 nitrogen and oxygen atoms in total. The molecule has 27 heavy (non-hydrogen) atoms. The van der Waals surface area contributed by atoms with E-state index in [1.807, 2.05) is 66.9 Å². The molecular weight excluding hydrogens is 380 g/mol. The second-order valence-corrected chi connectivity index (χ2v) is 7.48. The quantitative estimate of drug-likeness (QED) is 0.589. The predicted molar refractivity (Wildman–Crippen MR) is 110 cm³/mol. The van der Waals surface area contributed by atoms with Crippen molar-refractivity contribution in [2.24, 2.45) is 0 Å². The molecule has 140 valence electrons. The Kier molecular flexibility index (Phi) is 6.53. The van der Waals surface area contributed by atoms with Crippen molar-refractivity contribution >= 4 is 35.0 Å². The van der Waals surface area contributed by atoms with Gasteiger partial charge in [-0.05, 0) is 43.2 Å². The summed E-state index contributed by atoms with van der Waals surface area (Å²) in [7, 11) is 0. The highest BCUT2D eigenvalue weighted by Gasteiger charge is 2.14. The van der Waals surface area contributed by atoms with Crippen molar-refractivity contribution in [3.8, 4) is 0 Å². The molecule has 2 aromatic carbocycles. The van der Waals surface area contributed by atoms with Gasteiger partial charge in [0.1, 0.15) is 5.82 Å². The molecule has 0 saturated heterocycles. The number of nitrogens with one attached hydrogen (secondary N) is 1. The third-order valence-electron chi connectivity index (χ3n) is 4.14. The SMILES string of the molecule is CCn1c(Cc2ccc(Cl)cc2)nnc1SCC(=O)Nc1ccccc1C. The molecule has 0 aliphatic heterocycles. The first kappa shape index (κ1) is 19.5. The number of amides is 1. The monoisotopic (exact) mass is 400 g/mol. The molecule has 1 aromatic heterocycles.